The monoisotopic (exact) mass is 192 g/mol. The maximum atomic E-state index is 11.7. The van der Waals surface area contributed by atoms with Gasteiger partial charge < -0.3 is 4.74 Å². The van der Waals surface area contributed by atoms with E-state index in [0.717, 1.165) is 5.69 Å². The largest absolute Gasteiger partial charge is 0.364 e. The van der Waals surface area contributed by atoms with Gasteiger partial charge in [-0.05, 0) is 25.5 Å². The van der Waals surface area contributed by atoms with E-state index in [-0.39, 0.29) is 17.9 Å². The maximum Gasteiger partial charge on any atom is 0.270 e. The first-order valence-corrected chi connectivity index (χ1v) is 4.22. The standard InChI is InChI=1S/C10H12N2O2/c1-7-4-8(2)12(6-14-3)10(13)9(7)5-11/h4H,6H2,1-3H3. The first-order valence-electron chi connectivity index (χ1n) is 4.22. The van der Waals surface area contributed by atoms with Gasteiger partial charge in [0.25, 0.3) is 5.56 Å². The van der Waals surface area contributed by atoms with Gasteiger partial charge in [0.15, 0.2) is 0 Å². The second-order valence-electron chi connectivity index (χ2n) is 3.11. The van der Waals surface area contributed by atoms with Crippen LogP contribution in [0.3, 0.4) is 0 Å². The summed E-state index contributed by atoms with van der Waals surface area (Å²) in [4.78, 5) is 11.7. The van der Waals surface area contributed by atoms with Gasteiger partial charge in [-0.3, -0.25) is 9.36 Å². The van der Waals surface area contributed by atoms with Crippen LogP contribution < -0.4 is 5.56 Å². The molecule has 1 rings (SSSR count). The number of rotatable bonds is 2. The number of nitrogens with zero attached hydrogens (tertiary/aromatic N) is 2. The molecule has 1 aromatic heterocycles. The van der Waals surface area contributed by atoms with Crippen LogP contribution in [0.2, 0.25) is 0 Å². The average molecular weight is 192 g/mol. The molecule has 0 N–H and O–H groups in total. The highest BCUT2D eigenvalue weighted by molar-refractivity contribution is 5.35. The molecule has 0 amide bonds. The van der Waals surface area contributed by atoms with Gasteiger partial charge >= 0.3 is 0 Å². The molecule has 0 saturated heterocycles. The summed E-state index contributed by atoms with van der Waals surface area (Å²) >= 11 is 0. The van der Waals surface area contributed by atoms with E-state index in [2.05, 4.69) is 0 Å². The van der Waals surface area contributed by atoms with Gasteiger partial charge in [-0.25, -0.2) is 0 Å². The summed E-state index contributed by atoms with van der Waals surface area (Å²) in [5, 5.41) is 8.78. The molecule has 0 aromatic carbocycles. The van der Waals surface area contributed by atoms with Crippen molar-refractivity contribution in [1.29, 1.82) is 5.26 Å². The molecule has 4 heteroatoms. The lowest BCUT2D eigenvalue weighted by Crippen LogP contribution is -2.26. The summed E-state index contributed by atoms with van der Waals surface area (Å²) in [7, 11) is 1.51. The Kier molecular flexibility index (Phi) is 3.05. The molecule has 0 bridgehead atoms. The quantitative estimate of drug-likeness (QED) is 0.700. The molecular formula is C10H12N2O2. The molecular weight excluding hydrogens is 180 g/mol. The third kappa shape index (κ3) is 1.68. The highest BCUT2D eigenvalue weighted by Crippen LogP contribution is 2.04. The van der Waals surface area contributed by atoms with Crippen molar-refractivity contribution in [1.82, 2.24) is 4.57 Å². The van der Waals surface area contributed by atoms with E-state index in [1.54, 1.807) is 13.0 Å². The van der Waals surface area contributed by atoms with Crippen molar-refractivity contribution in [3.63, 3.8) is 0 Å². The Balaban J connectivity index is 3.46. The zero-order chi connectivity index (χ0) is 10.7. The van der Waals surface area contributed by atoms with Crippen LogP contribution in [-0.2, 0) is 11.5 Å². The molecule has 0 unspecified atom stereocenters. The molecule has 0 radical (unpaired) electrons. The van der Waals surface area contributed by atoms with Gasteiger partial charge in [0.05, 0.1) is 0 Å². The van der Waals surface area contributed by atoms with E-state index in [4.69, 9.17) is 10.00 Å². The van der Waals surface area contributed by atoms with Crippen LogP contribution in [0.25, 0.3) is 0 Å². The lowest BCUT2D eigenvalue weighted by Gasteiger charge is -2.10. The molecule has 14 heavy (non-hydrogen) atoms. The Morgan fingerprint density at radius 1 is 1.57 bits per heavy atom. The van der Waals surface area contributed by atoms with Gasteiger partial charge in [0.2, 0.25) is 0 Å². The normalized spacial score (nSPS) is 9.86. The number of hydrogen-bond acceptors (Lipinski definition) is 3. The molecule has 74 valence electrons. The number of hydrogen-bond donors (Lipinski definition) is 0. The van der Waals surface area contributed by atoms with Crippen molar-refractivity contribution >= 4 is 0 Å². The van der Waals surface area contributed by atoms with Crippen LogP contribution in [0.15, 0.2) is 10.9 Å². The summed E-state index contributed by atoms with van der Waals surface area (Å²) in [6, 6.07) is 3.71. The van der Waals surface area contributed by atoms with Gasteiger partial charge in [-0.15, -0.1) is 0 Å². The third-order valence-electron chi connectivity index (χ3n) is 2.07. The fourth-order valence-corrected chi connectivity index (χ4v) is 1.35. The van der Waals surface area contributed by atoms with Gasteiger partial charge in [0.1, 0.15) is 18.4 Å². The Morgan fingerprint density at radius 3 is 2.71 bits per heavy atom. The minimum absolute atomic E-state index is 0.180. The topological polar surface area (TPSA) is 55.0 Å². The van der Waals surface area contributed by atoms with Crippen LogP contribution >= 0.6 is 0 Å². The summed E-state index contributed by atoms with van der Waals surface area (Å²) < 4.78 is 6.32. The average Bonchev–Trinajstić information content (AvgIpc) is 2.12. The molecule has 0 aliphatic rings. The number of aryl methyl sites for hydroxylation is 2. The highest BCUT2D eigenvalue weighted by atomic mass is 16.5. The van der Waals surface area contributed by atoms with E-state index in [1.807, 2.05) is 13.0 Å². The number of aromatic nitrogens is 1. The lowest BCUT2D eigenvalue weighted by molar-refractivity contribution is 0.126. The van der Waals surface area contributed by atoms with Crippen LogP contribution in [-0.4, -0.2) is 11.7 Å². The Labute approximate surface area is 82.4 Å². The minimum Gasteiger partial charge on any atom is -0.364 e. The second-order valence-corrected chi connectivity index (χ2v) is 3.11. The van der Waals surface area contributed by atoms with Crippen LogP contribution in [0, 0.1) is 25.2 Å². The zero-order valence-corrected chi connectivity index (χ0v) is 8.50. The SMILES string of the molecule is COCn1c(C)cc(C)c(C#N)c1=O. The molecule has 0 aliphatic carbocycles. The van der Waals surface area contributed by atoms with Crippen molar-refractivity contribution in [3.05, 3.63) is 33.2 Å². The summed E-state index contributed by atoms with van der Waals surface area (Å²) in [5.41, 5.74) is 1.41. The van der Waals surface area contributed by atoms with Gasteiger partial charge in [-0.1, -0.05) is 0 Å². The number of nitriles is 1. The Hall–Kier alpha value is -1.60. The summed E-state index contributed by atoms with van der Waals surface area (Å²) in [6.07, 6.45) is 0. The highest BCUT2D eigenvalue weighted by Gasteiger charge is 2.08. The molecule has 1 aromatic rings. The third-order valence-corrected chi connectivity index (χ3v) is 2.07. The molecule has 4 nitrogen and oxygen atoms in total. The van der Waals surface area contributed by atoms with E-state index < -0.39 is 0 Å². The van der Waals surface area contributed by atoms with Crippen molar-refractivity contribution in [2.24, 2.45) is 0 Å². The fraction of sp³-hybridized carbons (Fsp3) is 0.400. The molecule has 0 spiro atoms. The Bertz CT molecular complexity index is 441. The van der Waals surface area contributed by atoms with Crippen LogP contribution in [0.1, 0.15) is 16.8 Å². The number of ether oxygens (including phenoxy) is 1. The van der Waals surface area contributed by atoms with Gasteiger partial charge in [0, 0.05) is 12.8 Å². The second kappa shape index (κ2) is 4.07. The first kappa shape index (κ1) is 10.5. The molecule has 0 atom stereocenters. The smallest absolute Gasteiger partial charge is 0.270 e. The van der Waals surface area contributed by atoms with E-state index in [1.165, 1.54) is 11.7 Å². The van der Waals surface area contributed by atoms with Gasteiger partial charge in [-0.2, -0.15) is 5.26 Å². The summed E-state index contributed by atoms with van der Waals surface area (Å²) in [6.45, 7) is 3.75. The number of pyridine rings is 1. The minimum atomic E-state index is -0.285. The Morgan fingerprint density at radius 2 is 2.21 bits per heavy atom. The summed E-state index contributed by atoms with van der Waals surface area (Å²) in [5.74, 6) is 0. The molecule has 0 aliphatic heterocycles. The van der Waals surface area contributed by atoms with Crippen LogP contribution in [0.4, 0.5) is 0 Å². The fourth-order valence-electron chi connectivity index (χ4n) is 1.35. The lowest BCUT2D eigenvalue weighted by atomic mass is 10.1. The van der Waals surface area contributed by atoms with E-state index in [9.17, 15) is 4.79 Å². The predicted octanol–water partition coefficient (Wildman–Crippen LogP) is 0.941. The van der Waals surface area contributed by atoms with E-state index in [0.29, 0.717) is 5.56 Å². The zero-order valence-electron chi connectivity index (χ0n) is 8.50. The van der Waals surface area contributed by atoms with Crippen molar-refractivity contribution in [3.8, 4) is 6.07 Å². The van der Waals surface area contributed by atoms with E-state index >= 15 is 0 Å². The van der Waals surface area contributed by atoms with Crippen LogP contribution in [0.5, 0.6) is 0 Å². The molecule has 0 saturated carbocycles. The first-order chi connectivity index (χ1) is 6.61. The maximum absolute atomic E-state index is 11.7. The molecule has 0 fully saturated rings. The molecule has 1 heterocycles. The number of methoxy groups -OCH3 is 1. The predicted molar refractivity (Wildman–Crippen MR) is 51.9 cm³/mol. The van der Waals surface area contributed by atoms with Crippen molar-refractivity contribution < 1.29 is 4.74 Å². The van der Waals surface area contributed by atoms with Crippen molar-refractivity contribution in [2.75, 3.05) is 7.11 Å². The van der Waals surface area contributed by atoms with Crippen molar-refractivity contribution in [2.45, 2.75) is 20.6 Å².